The third-order valence-corrected chi connectivity index (χ3v) is 3.83. The lowest BCUT2D eigenvalue weighted by molar-refractivity contribution is -0.133. The first-order valence-corrected chi connectivity index (χ1v) is 8.84. The van der Waals surface area contributed by atoms with Gasteiger partial charge < -0.3 is 20.9 Å². The van der Waals surface area contributed by atoms with Gasteiger partial charge in [0.05, 0.1) is 13.1 Å². The number of anilines is 1. The molecule has 142 valence electrons. The lowest BCUT2D eigenvalue weighted by atomic mass is 10.1. The Bertz CT molecular complexity index is 660. The maximum atomic E-state index is 12.1. The summed E-state index contributed by atoms with van der Waals surface area (Å²) in [4.78, 5) is 37.3. The second-order valence-corrected chi connectivity index (χ2v) is 7.73. The molecule has 0 spiro atoms. The molecule has 7 heteroatoms. The van der Waals surface area contributed by atoms with Crippen molar-refractivity contribution in [1.29, 1.82) is 0 Å². The summed E-state index contributed by atoms with van der Waals surface area (Å²) in [7, 11) is 1.61. The van der Waals surface area contributed by atoms with Crippen molar-refractivity contribution in [3.05, 3.63) is 29.8 Å². The van der Waals surface area contributed by atoms with Gasteiger partial charge in [0.1, 0.15) is 0 Å². The smallest absolute Gasteiger partial charge is 0.251 e. The number of benzene rings is 1. The van der Waals surface area contributed by atoms with Crippen LogP contribution in [0.15, 0.2) is 24.3 Å². The normalized spacial score (nSPS) is 13.7. The number of nitrogens with zero attached hydrogens (tertiary/aromatic N) is 1. The van der Waals surface area contributed by atoms with E-state index in [-0.39, 0.29) is 42.4 Å². The van der Waals surface area contributed by atoms with E-state index in [2.05, 4.69) is 16.0 Å². The summed E-state index contributed by atoms with van der Waals surface area (Å²) in [6.07, 6.45) is 2.05. The molecule has 26 heavy (non-hydrogen) atoms. The molecule has 1 aromatic rings. The molecule has 0 radical (unpaired) electrons. The molecule has 0 saturated heterocycles. The predicted molar refractivity (Wildman–Crippen MR) is 101 cm³/mol. The fraction of sp³-hybridized carbons (Fsp3) is 0.526. The molecule has 0 atom stereocenters. The van der Waals surface area contributed by atoms with Crippen molar-refractivity contribution in [2.75, 3.05) is 25.5 Å². The van der Waals surface area contributed by atoms with Crippen LogP contribution in [0.5, 0.6) is 0 Å². The van der Waals surface area contributed by atoms with Crippen LogP contribution in [0.1, 0.15) is 44.0 Å². The maximum absolute atomic E-state index is 12.1. The van der Waals surface area contributed by atoms with Gasteiger partial charge in [0, 0.05) is 29.9 Å². The van der Waals surface area contributed by atoms with Crippen molar-refractivity contribution >= 4 is 23.4 Å². The van der Waals surface area contributed by atoms with E-state index in [1.165, 1.54) is 4.90 Å². The molecule has 1 aliphatic rings. The van der Waals surface area contributed by atoms with Crippen molar-refractivity contribution in [3.63, 3.8) is 0 Å². The second-order valence-electron chi connectivity index (χ2n) is 7.73. The predicted octanol–water partition coefficient (Wildman–Crippen LogP) is 1.36. The van der Waals surface area contributed by atoms with Crippen LogP contribution in [0, 0.1) is 0 Å². The second kappa shape index (κ2) is 8.21. The highest BCUT2D eigenvalue weighted by Gasteiger charge is 2.24. The van der Waals surface area contributed by atoms with Gasteiger partial charge >= 0.3 is 0 Å². The van der Waals surface area contributed by atoms with Gasteiger partial charge in [-0.05, 0) is 57.9 Å². The van der Waals surface area contributed by atoms with Crippen molar-refractivity contribution < 1.29 is 14.4 Å². The first kappa shape index (κ1) is 19.8. The molecule has 1 aliphatic carbocycles. The number of carbonyl (C=O) groups is 3. The number of nitrogens with one attached hydrogen (secondary N) is 3. The minimum absolute atomic E-state index is 0.0585. The standard InChI is InChI=1S/C19H28N4O3/c1-19(2,3)22-18(26)13-5-7-14(8-6-13)20-11-17(25)23(4)12-16(24)21-15-9-10-15/h5-8,15,20H,9-12H2,1-4H3,(H,21,24)(H,22,26). The summed E-state index contributed by atoms with van der Waals surface area (Å²) in [6, 6.07) is 7.22. The molecule has 0 heterocycles. The van der Waals surface area contributed by atoms with Gasteiger partial charge in [-0.2, -0.15) is 0 Å². The van der Waals surface area contributed by atoms with E-state index in [4.69, 9.17) is 0 Å². The first-order valence-electron chi connectivity index (χ1n) is 8.84. The van der Waals surface area contributed by atoms with Crippen molar-refractivity contribution in [2.45, 2.75) is 45.2 Å². The van der Waals surface area contributed by atoms with Crippen LogP contribution in [0.25, 0.3) is 0 Å². The SMILES string of the molecule is CN(CC(=O)NC1CC1)C(=O)CNc1ccc(C(=O)NC(C)(C)C)cc1. The molecule has 7 nitrogen and oxygen atoms in total. The average molecular weight is 360 g/mol. The van der Waals surface area contributed by atoms with E-state index >= 15 is 0 Å². The molecule has 1 saturated carbocycles. The highest BCUT2D eigenvalue weighted by Crippen LogP contribution is 2.18. The summed E-state index contributed by atoms with van der Waals surface area (Å²) >= 11 is 0. The maximum Gasteiger partial charge on any atom is 0.251 e. The van der Waals surface area contributed by atoms with E-state index in [0.717, 1.165) is 18.5 Å². The van der Waals surface area contributed by atoms with E-state index in [9.17, 15) is 14.4 Å². The molecular weight excluding hydrogens is 332 g/mol. The molecule has 3 amide bonds. The third kappa shape index (κ3) is 6.74. The van der Waals surface area contributed by atoms with Crippen LogP contribution in [-0.2, 0) is 9.59 Å². The quantitative estimate of drug-likeness (QED) is 0.685. The largest absolute Gasteiger partial charge is 0.376 e. The molecule has 1 aromatic carbocycles. The highest BCUT2D eigenvalue weighted by atomic mass is 16.2. The minimum atomic E-state index is -0.295. The summed E-state index contributed by atoms with van der Waals surface area (Å²) < 4.78 is 0. The lowest BCUT2D eigenvalue weighted by Gasteiger charge is -2.20. The molecule has 3 N–H and O–H groups in total. The lowest BCUT2D eigenvalue weighted by Crippen LogP contribution is -2.41. The number of carbonyl (C=O) groups excluding carboxylic acids is 3. The van der Waals surface area contributed by atoms with Crippen molar-refractivity contribution in [3.8, 4) is 0 Å². The molecule has 0 aliphatic heterocycles. The first-order chi connectivity index (χ1) is 12.1. The zero-order valence-electron chi connectivity index (χ0n) is 15.9. The van der Waals surface area contributed by atoms with Crippen LogP contribution >= 0.6 is 0 Å². The number of hydrogen-bond acceptors (Lipinski definition) is 4. The molecule has 0 bridgehead atoms. The van der Waals surface area contributed by atoms with Gasteiger partial charge in [-0.25, -0.2) is 0 Å². The summed E-state index contributed by atoms with van der Waals surface area (Å²) in [5.41, 5.74) is 1.00. The number of rotatable bonds is 7. The fourth-order valence-corrected chi connectivity index (χ4v) is 2.27. The Morgan fingerprint density at radius 1 is 1.12 bits per heavy atom. The average Bonchev–Trinajstić information content (AvgIpc) is 3.35. The zero-order valence-corrected chi connectivity index (χ0v) is 15.9. The summed E-state index contributed by atoms with van der Waals surface area (Å²) in [5, 5.41) is 8.76. The van der Waals surface area contributed by atoms with Crippen molar-refractivity contribution in [2.24, 2.45) is 0 Å². The van der Waals surface area contributed by atoms with Gasteiger partial charge in [-0.3, -0.25) is 14.4 Å². The van der Waals surface area contributed by atoms with E-state index in [1.807, 2.05) is 20.8 Å². The summed E-state index contributed by atoms with van der Waals surface area (Å²) in [6.45, 7) is 5.92. The molecule has 2 rings (SSSR count). The zero-order chi connectivity index (χ0) is 19.3. The van der Waals surface area contributed by atoms with Gasteiger partial charge in [-0.1, -0.05) is 0 Å². The molecule has 0 aromatic heterocycles. The monoisotopic (exact) mass is 360 g/mol. The Morgan fingerprint density at radius 2 is 1.73 bits per heavy atom. The fourth-order valence-electron chi connectivity index (χ4n) is 2.27. The number of hydrogen-bond donors (Lipinski definition) is 3. The molecule has 1 fully saturated rings. The Kier molecular flexibility index (Phi) is 6.23. The Labute approximate surface area is 154 Å². The van der Waals surface area contributed by atoms with Crippen LogP contribution in [0.3, 0.4) is 0 Å². The highest BCUT2D eigenvalue weighted by molar-refractivity contribution is 5.95. The number of likely N-dealkylation sites (N-methyl/N-ethyl adjacent to an activating group) is 1. The number of amides is 3. The minimum Gasteiger partial charge on any atom is -0.376 e. The topological polar surface area (TPSA) is 90.5 Å². The van der Waals surface area contributed by atoms with Gasteiger partial charge in [-0.15, -0.1) is 0 Å². The van der Waals surface area contributed by atoms with Gasteiger partial charge in [0.25, 0.3) is 5.91 Å². The van der Waals surface area contributed by atoms with Crippen LogP contribution in [0.2, 0.25) is 0 Å². The van der Waals surface area contributed by atoms with E-state index < -0.39 is 0 Å². The van der Waals surface area contributed by atoms with Crippen molar-refractivity contribution in [1.82, 2.24) is 15.5 Å². The van der Waals surface area contributed by atoms with Crippen LogP contribution in [-0.4, -0.2) is 54.3 Å². The van der Waals surface area contributed by atoms with Crippen LogP contribution < -0.4 is 16.0 Å². The summed E-state index contributed by atoms with van der Waals surface area (Å²) in [5.74, 6) is -0.440. The van der Waals surface area contributed by atoms with Gasteiger partial charge in [0.2, 0.25) is 11.8 Å². The third-order valence-electron chi connectivity index (χ3n) is 3.83. The molecular formula is C19H28N4O3. The Hall–Kier alpha value is -2.57. The van der Waals surface area contributed by atoms with Gasteiger partial charge in [0.15, 0.2) is 0 Å². The van der Waals surface area contributed by atoms with E-state index in [1.54, 1.807) is 31.3 Å². The Balaban J connectivity index is 1.78. The van der Waals surface area contributed by atoms with Crippen LogP contribution in [0.4, 0.5) is 5.69 Å². The van der Waals surface area contributed by atoms with E-state index in [0.29, 0.717) is 5.56 Å². The molecule has 0 unspecified atom stereocenters. The Morgan fingerprint density at radius 3 is 2.27 bits per heavy atom.